The Morgan fingerprint density at radius 1 is 1.15 bits per heavy atom. The number of fused-ring (bicyclic) bond motifs is 1. The molecule has 0 aliphatic heterocycles. The summed E-state index contributed by atoms with van der Waals surface area (Å²) in [5.74, 6) is -0.190. The minimum atomic E-state index is -3.53. The predicted octanol–water partition coefficient (Wildman–Crippen LogP) is 1.74. The second-order valence-electron chi connectivity index (χ2n) is 6.74. The molecule has 1 heterocycles. The molecule has 26 heavy (non-hydrogen) atoms. The fourth-order valence-electron chi connectivity index (χ4n) is 3.13. The molecule has 1 amide bonds. The topological polar surface area (TPSA) is 70.4 Å². The summed E-state index contributed by atoms with van der Waals surface area (Å²) in [6, 6.07) is 8.39. The van der Waals surface area contributed by atoms with Gasteiger partial charge < -0.3 is 5.32 Å². The van der Waals surface area contributed by atoms with Gasteiger partial charge in [-0.25, -0.2) is 12.7 Å². The van der Waals surface area contributed by atoms with Crippen LogP contribution in [0, 0.1) is 0 Å². The van der Waals surface area contributed by atoms with Gasteiger partial charge in [-0.1, -0.05) is 6.07 Å². The fraction of sp³-hybridized carbons (Fsp3) is 0.368. The lowest BCUT2D eigenvalue weighted by molar-refractivity contribution is -0.684. The van der Waals surface area contributed by atoms with Crippen molar-refractivity contribution in [3.63, 3.8) is 0 Å². The molecular formula is C19H24N3O3S+. The molecule has 0 spiro atoms. The van der Waals surface area contributed by atoms with E-state index in [1.165, 1.54) is 50.2 Å². The van der Waals surface area contributed by atoms with E-state index >= 15 is 0 Å². The molecule has 2 aromatic rings. The Morgan fingerprint density at radius 2 is 1.88 bits per heavy atom. The molecule has 0 saturated carbocycles. The van der Waals surface area contributed by atoms with Crippen LogP contribution >= 0.6 is 0 Å². The first-order valence-electron chi connectivity index (χ1n) is 8.69. The zero-order chi connectivity index (χ0) is 18.7. The van der Waals surface area contributed by atoms with E-state index in [-0.39, 0.29) is 17.3 Å². The summed E-state index contributed by atoms with van der Waals surface area (Å²) in [5, 5.41) is 2.78. The zero-order valence-corrected chi connectivity index (χ0v) is 15.9. The average Bonchev–Trinajstić information content (AvgIpc) is 2.61. The Kier molecular flexibility index (Phi) is 5.38. The molecule has 138 valence electrons. The van der Waals surface area contributed by atoms with Crippen molar-refractivity contribution >= 4 is 21.6 Å². The van der Waals surface area contributed by atoms with Crippen molar-refractivity contribution in [1.29, 1.82) is 0 Å². The Bertz CT molecular complexity index is 923. The third kappa shape index (κ3) is 4.11. The van der Waals surface area contributed by atoms with Crippen molar-refractivity contribution in [2.24, 2.45) is 0 Å². The SMILES string of the molecule is CN(C)S(=O)(=O)c1cccc(NC(=O)C[n+]2ccc3c(c2)CCCC3)c1. The number of carbonyl (C=O) groups is 1. The number of nitrogens with one attached hydrogen (secondary N) is 1. The highest BCUT2D eigenvalue weighted by Crippen LogP contribution is 2.19. The smallest absolute Gasteiger partial charge is 0.290 e. The summed E-state index contributed by atoms with van der Waals surface area (Å²) in [6.45, 7) is 0.192. The molecule has 6 nitrogen and oxygen atoms in total. The number of anilines is 1. The van der Waals surface area contributed by atoms with Gasteiger partial charge in [-0.3, -0.25) is 4.79 Å². The summed E-state index contributed by atoms with van der Waals surface area (Å²) in [6.07, 6.45) is 8.55. The Hall–Kier alpha value is -2.25. The number of amides is 1. The fourth-order valence-corrected chi connectivity index (χ4v) is 4.08. The maximum atomic E-state index is 12.4. The van der Waals surface area contributed by atoms with Crippen LogP contribution in [0.5, 0.6) is 0 Å². The number of nitrogens with zero attached hydrogens (tertiary/aromatic N) is 2. The number of aryl methyl sites for hydroxylation is 2. The number of hydrogen-bond donors (Lipinski definition) is 1. The first kappa shape index (κ1) is 18.5. The van der Waals surface area contributed by atoms with E-state index in [1.807, 2.05) is 17.0 Å². The van der Waals surface area contributed by atoms with Crippen LogP contribution < -0.4 is 9.88 Å². The van der Waals surface area contributed by atoms with Crippen molar-refractivity contribution in [3.05, 3.63) is 53.9 Å². The highest BCUT2D eigenvalue weighted by atomic mass is 32.2. The molecule has 1 aliphatic rings. The van der Waals surface area contributed by atoms with E-state index in [0.29, 0.717) is 5.69 Å². The van der Waals surface area contributed by atoms with Crippen LogP contribution in [0.25, 0.3) is 0 Å². The van der Waals surface area contributed by atoms with Crippen LogP contribution in [-0.4, -0.2) is 32.7 Å². The lowest BCUT2D eigenvalue weighted by atomic mass is 9.93. The number of carbonyl (C=O) groups excluding carboxylic acids is 1. The largest absolute Gasteiger partial charge is 0.321 e. The Labute approximate surface area is 154 Å². The lowest BCUT2D eigenvalue weighted by Crippen LogP contribution is -2.40. The first-order chi connectivity index (χ1) is 12.4. The number of rotatable bonds is 5. The molecule has 0 bridgehead atoms. The standard InChI is InChI=1S/C19H23N3O3S/c1-21(2)26(24,25)18-9-5-8-17(12-18)20-19(23)14-22-11-10-15-6-3-4-7-16(15)13-22/h5,8-13H,3-4,6-7,14H2,1-2H3/p+1. The average molecular weight is 374 g/mol. The summed E-state index contributed by atoms with van der Waals surface area (Å²) in [5.41, 5.74) is 3.15. The number of sulfonamides is 1. The van der Waals surface area contributed by atoms with Crippen molar-refractivity contribution in [1.82, 2.24) is 4.31 Å². The number of benzene rings is 1. The van der Waals surface area contributed by atoms with Crippen LogP contribution in [0.1, 0.15) is 24.0 Å². The third-order valence-corrected chi connectivity index (χ3v) is 6.38. The van der Waals surface area contributed by atoms with E-state index in [2.05, 4.69) is 11.4 Å². The van der Waals surface area contributed by atoms with Gasteiger partial charge in [-0.2, -0.15) is 4.57 Å². The maximum Gasteiger partial charge on any atom is 0.290 e. The molecule has 0 radical (unpaired) electrons. The predicted molar refractivity (Wildman–Crippen MR) is 99.2 cm³/mol. The van der Waals surface area contributed by atoms with E-state index in [4.69, 9.17) is 0 Å². The monoisotopic (exact) mass is 374 g/mol. The van der Waals surface area contributed by atoms with Crippen molar-refractivity contribution < 1.29 is 17.8 Å². The van der Waals surface area contributed by atoms with E-state index in [9.17, 15) is 13.2 Å². The molecule has 0 fully saturated rings. The van der Waals surface area contributed by atoms with E-state index < -0.39 is 10.0 Å². The Morgan fingerprint density at radius 3 is 2.62 bits per heavy atom. The van der Waals surface area contributed by atoms with Gasteiger partial charge in [0, 0.05) is 31.4 Å². The Balaban J connectivity index is 1.71. The summed E-state index contributed by atoms with van der Waals surface area (Å²) < 4.78 is 27.4. The highest BCUT2D eigenvalue weighted by Gasteiger charge is 2.19. The molecule has 7 heteroatoms. The summed E-state index contributed by atoms with van der Waals surface area (Å²) >= 11 is 0. The zero-order valence-electron chi connectivity index (χ0n) is 15.1. The third-order valence-electron chi connectivity index (χ3n) is 4.57. The second-order valence-corrected chi connectivity index (χ2v) is 8.89. The lowest BCUT2D eigenvalue weighted by Gasteiger charge is -2.13. The molecule has 1 aromatic carbocycles. The van der Waals surface area contributed by atoms with Gasteiger partial charge in [0.15, 0.2) is 12.4 Å². The quantitative estimate of drug-likeness (QED) is 0.811. The van der Waals surface area contributed by atoms with Crippen LogP contribution in [0.4, 0.5) is 5.69 Å². The van der Waals surface area contributed by atoms with Gasteiger partial charge >= 0.3 is 0 Å². The first-order valence-corrected chi connectivity index (χ1v) is 10.1. The van der Waals surface area contributed by atoms with Gasteiger partial charge in [-0.15, -0.1) is 0 Å². The molecular weight excluding hydrogens is 350 g/mol. The molecule has 1 aromatic heterocycles. The molecule has 1 N–H and O–H groups in total. The number of aromatic nitrogens is 1. The minimum absolute atomic E-state index is 0.154. The van der Waals surface area contributed by atoms with Gasteiger partial charge in [0.1, 0.15) is 0 Å². The highest BCUT2D eigenvalue weighted by molar-refractivity contribution is 7.89. The second kappa shape index (κ2) is 7.55. The van der Waals surface area contributed by atoms with Crippen molar-refractivity contribution in [2.75, 3.05) is 19.4 Å². The van der Waals surface area contributed by atoms with Crippen LogP contribution in [0.15, 0.2) is 47.6 Å². The molecule has 0 unspecified atom stereocenters. The van der Waals surface area contributed by atoms with Crippen LogP contribution in [0.2, 0.25) is 0 Å². The molecule has 3 rings (SSSR count). The van der Waals surface area contributed by atoms with Gasteiger partial charge in [0.05, 0.1) is 4.90 Å². The number of pyridine rings is 1. The maximum absolute atomic E-state index is 12.4. The van der Waals surface area contributed by atoms with Crippen LogP contribution in [0.3, 0.4) is 0 Å². The van der Waals surface area contributed by atoms with E-state index in [0.717, 1.165) is 17.1 Å². The van der Waals surface area contributed by atoms with Gasteiger partial charge in [0.25, 0.3) is 5.91 Å². The van der Waals surface area contributed by atoms with Gasteiger partial charge in [0.2, 0.25) is 16.6 Å². The molecule has 1 aliphatic carbocycles. The normalized spacial score (nSPS) is 14.1. The summed E-state index contributed by atoms with van der Waals surface area (Å²) in [7, 11) is -0.569. The molecule has 0 saturated heterocycles. The van der Waals surface area contributed by atoms with Crippen molar-refractivity contribution in [2.45, 2.75) is 37.1 Å². The minimum Gasteiger partial charge on any atom is -0.321 e. The van der Waals surface area contributed by atoms with Crippen LogP contribution in [-0.2, 0) is 34.2 Å². The van der Waals surface area contributed by atoms with Gasteiger partial charge in [-0.05, 0) is 49.4 Å². The number of hydrogen-bond acceptors (Lipinski definition) is 3. The van der Waals surface area contributed by atoms with E-state index in [1.54, 1.807) is 12.1 Å². The van der Waals surface area contributed by atoms with Crippen molar-refractivity contribution in [3.8, 4) is 0 Å². The molecule has 0 atom stereocenters. The summed E-state index contributed by atoms with van der Waals surface area (Å²) in [4.78, 5) is 12.5.